The molecule has 8 nitrogen and oxygen atoms in total. The van der Waals surface area contributed by atoms with Crippen LogP contribution in [0.15, 0.2) is 6.07 Å². The number of amides is 1. The number of carbonyl (C=O) groups is 1. The van der Waals surface area contributed by atoms with E-state index in [2.05, 4.69) is 15.2 Å². The van der Waals surface area contributed by atoms with Crippen LogP contribution < -0.4 is 20.7 Å². The molecule has 124 valence electrons. The van der Waals surface area contributed by atoms with E-state index in [1.807, 2.05) is 39.9 Å². The summed E-state index contributed by atoms with van der Waals surface area (Å²) >= 11 is 0. The van der Waals surface area contributed by atoms with Crippen molar-refractivity contribution in [2.24, 2.45) is 0 Å². The van der Waals surface area contributed by atoms with E-state index < -0.39 is 6.09 Å². The van der Waals surface area contributed by atoms with E-state index in [4.69, 9.17) is 15.6 Å². The number of nitrogens with zero attached hydrogens (tertiary/aromatic N) is 3. The van der Waals surface area contributed by atoms with Gasteiger partial charge in [-0.05, 0) is 34.0 Å². The number of aromatic nitrogens is 1. The molecule has 0 bridgehead atoms. The molecule has 22 heavy (non-hydrogen) atoms. The molecule has 0 saturated heterocycles. The van der Waals surface area contributed by atoms with E-state index in [1.54, 1.807) is 0 Å². The summed E-state index contributed by atoms with van der Waals surface area (Å²) in [4.78, 5) is 19.2. The first-order valence-corrected chi connectivity index (χ1v) is 7.03. The molecule has 0 aliphatic rings. The number of carboxylic acid groups (broad SMARTS) is 1. The topological polar surface area (TPSA) is 104 Å². The lowest BCUT2D eigenvalue weighted by atomic mass is 10.3. The van der Waals surface area contributed by atoms with Crippen LogP contribution >= 0.6 is 0 Å². The van der Waals surface area contributed by atoms with E-state index in [1.165, 1.54) is 6.07 Å². The number of hydrogen-bond donors (Lipinski definition) is 3. The summed E-state index contributed by atoms with van der Waals surface area (Å²) in [5.41, 5.74) is 6.63. The molecule has 1 aromatic heterocycles. The molecular formula is C14H25N5O3. The summed E-state index contributed by atoms with van der Waals surface area (Å²) in [7, 11) is 5.85. The lowest BCUT2D eigenvalue weighted by Crippen LogP contribution is -2.30. The SMILES string of the molecule is CC(C)Oc1nc(N(C)CCN(C)C)c(N)cc1NC(=O)O. The van der Waals surface area contributed by atoms with Crippen molar-refractivity contribution in [1.82, 2.24) is 9.88 Å². The van der Waals surface area contributed by atoms with Gasteiger partial charge < -0.3 is 25.4 Å². The molecule has 0 spiro atoms. The molecule has 0 aliphatic carbocycles. The number of pyridine rings is 1. The van der Waals surface area contributed by atoms with Gasteiger partial charge in [0.1, 0.15) is 5.69 Å². The quantitative estimate of drug-likeness (QED) is 0.701. The molecule has 8 heteroatoms. The lowest BCUT2D eigenvalue weighted by molar-refractivity contribution is 0.208. The molecule has 0 aliphatic heterocycles. The van der Waals surface area contributed by atoms with Gasteiger partial charge in [0.25, 0.3) is 0 Å². The number of likely N-dealkylation sites (N-methyl/N-ethyl adjacent to an activating group) is 2. The summed E-state index contributed by atoms with van der Waals surface area (Å²) in [5, 5.41) is 11.1. The maximum absolute atomic E-state index is 10.9. The maximum Gasteiger partial charge on any atom is 0.409 e. The predicted octanol–water partition coefficient (Wildman–Crippen LogP) is 1.54. The van der Waals surface area contributed by atoms with Crippen molar-refractivity contribution in [3.63, 3.8) is 0 Å². The van der Waals surface area contributed by atoms with Crippen LogP contribution in [-0.2, 0) is 0 Å². The number of rotatable bonds is 7. The van der Waals surface area contributed by atoms with Gasteiger partial charge in [-0.25, -0.2) is 4.79 Å². The Morgan fingerprint density at radius 2 is 2.05 bits per heavy atom. The summed E-state index contributed by atoms with van der Waals surface area (Å²) in [6.07, 6.45) is -1.33. The Morgan fingerprint density at radius 3 is 2.55 bits per heavy atom. The van der Waals surface area contributed by atoms with Gasteiger partial charge in [0.15, 0.2) is 5.82 Å². The second-order valence-electron chi connectivity index (χ2n) is 5.58. The van der Waals surface area contributed by atoms with Crippen molar-refractivity contribution in [3.8, 4) is 5.88 Å². The summed E-state index contributed by atoms with van der Waals surface area (Å²) in [6, 6.07) is 1.53. The van der Waals surface area contributed by atoms with Gasteiger partial charge in [0, 0.05) is 20.1 Å². The highest BCUT2D eigenvalue weighted by molar-refractivity contribution is 5.87. The van der Waals surface area contributed by atoms with Crippen LogP contribution in [0.4, 0.5) is 22.0 Å². The van der Waals surface area contributed by atoms with Gasteiger partial charge in [0.05, 0.1) is 11.8 Å². The Labute approximate surface area is 130 Å². The molecule has 0 fully saturated rings. The highest BCUT2D eigenvalue weighted by atomic mass is 16.5. The van der Waals surface area contributed by atoms with Gasteiger partial charge in [-0.1, -0.05) is 0 Å². The van der Waals surface area contributed by atoms with Crippen molar-refractivity contribution < 1.29 is 14.6 Å². The summed E-state index contributed by atoms with van der Waals surface area (Å²) < 4.78 is 5.59. The third-order valence-electron chi connectivity index (χ3n) is 2.83. The maximum atomic E-state index is 10.9. The third-order valence-corrected chi connectivity index (χ3v) is 2.83. The predicted molar refractivity (Wildman–Crippen MR) is 87.9 cm³/mol. The Bertz CT molecular complexity index is 519. The van der Waals surface area contributed by atoms with Crippen molar-refractivity contribution in [1.29, 1.82) is 0 Å². The summed E-state index contributed by atoms with van der Waals surface area (Å²) in [6.45, 7) is 5.26. The zero-order valence-electron chi connectivity index (χ0n) is 13.8. The van der Waals surface area contributed by atoms with Crippen molar-refractivity contribution in [2.45, 2.75) is 20.0 Å². The fourth-order valence-electron chi connectivity index (χ4n) is 1.78. The molecule has 0 radical (unpaired) electrons. The normalized spacial score (nSPS) is 10.9. The highest BCUT2D eigenvalue weighted by Gasteiger charge is 2.17. The van der Waals surface area contributed by atoms with E-state index in [-0.39, 0.29) is 17.7 Å². The first kappa shape index (κ1) is 17.8. The standard InChI is InChI=1S/C14H25N5O3/c1-9(2)22-13-11(16-14(20)21)8-10(15)12(17-13)19(5)7-6-18(3)4/h8-9,16H,6-7,15H2,1-5H3,(H,20,21). The van der Waals surface area contributed by atoms with E-state index in [0.717, 1.165) is 13.1 Å². The van der Waals surface area contributed by atoms with Gasteiger partial charge >= 0.3 is 6.09 Å². The zero-order valence-corrected chi connectivity index (χ0v) is 13.8. The molecule has 0 saturated carbocycles. The van der Waals surface area contributed by atoms with E-state index >= 15 is 0 Å². The van der Waals surface area contributed by atoms with Crippen LogP contribution in [0.25, 0.3) is 0 Å². The molecule has 4 N–H and O–H groups in total. The van der Waals surface area contributed by atoms with Crippen LogP contribution in [0.5, 0.6) is 5.88 Å². The molecule has 0 aromatic carbocycles. The van der Waals surface area contributed by atoms with Gasteiger partial charge in [-0.15, -0.1) is 0 Å². The largest absolute Gasteiger partial charge is 0.473 e. The van der Waals surface area contributed by atoms with Crippen LogP contribution in [0.3, 0.4) is 0 Å². The number of anilines is 3. The van der Waals surface area contributed by atoms with E-state index in [0.29, 0.717) is 11.5 Å². The second kappa shape index (κ2) is 7.69. The van der Waals surface area contributed by atoms with Crippen molar-refractivity contribution in [3.05, 3.63) is 6.07 Å². The van der Waals surface area contributed by atoms with E-state index in [9.17, 15) is 4.79 Å². The Balaban J connectivity index is 3.10. The monoisotopic (exact) mass is 311 g/mol. The average Bonchev–Trinajstić information content (AvgIpc) is 2.37. The highest BCUT2D eigenvalue weighted by Crippen LogP contribution is 2.31. The van der Waals surface area contributed by atoms with Crippen LogP contribution in [0.2, 0.25) is 0 Å². The third kappa shape index (κ3) is 5.28. The first-order chi connectivity index (χ1) is 10.2. The summed E-state index contributed by atoms with van der Waals surface area (Å²) in [5.74, 6) is 0.784. The molecular weight excluding hydrogens is 286 g/mol. The Morgan fingerprint density at radius 1 is 1.41 bits per heavy atom. The lowest BCUT2D eigenvalue weighted by Gasteiger charge is -2.23. The second-order valence-corrected chi connectivity index (χ2v) is 5.58. The number of nitrogens with two attached hydrogens (primary N) is 1. The van der Waals surface area contributed by atoms with Gasteiger partial charge in [-0.3, -0.25) is 5.32 Å². The minimum atomic E-state index is -1.19. The van der Waals surface area contributed by atoms with Crippen molar-refractivity contribution in [2.75, 3.05) is 50.2 Å². The van der Waals surface area contributed by atoms with Crippen LogP contribution in [-0.4, -0.2) is 61.4 Å². The van der Waals surface area contributed by atoms with Gasteiger partial charge in [0.2, 0.25) is 5.88 Å². The number of nitrogens with one attached hydrogen (secondary N) is 1. The number of ether oxygens (including phenoxy) is 1. The molecule has 0 atom stereocenters. The van der Waals surface area contributed by atoms with Crippen LogP contribution in [0.1, 0.15) is 13.8 Å². The molecule has 1 aromatic rings. The smallest absolute Gasteiger partial charge is 0.409 e. The molecule has 1 heterocycles. The zero-order chi connectivity index (χ0) is 16.9. The molecule has 1 rings (SSSR count). The first-order valence-electron chi connectivity index (χ1n) is 7.03. The minimum absolute atomic E-state index is 0.134. The van der Waals surface area contributed by atoms with Crippen molar-refractivity contribution >= 4 is 23.3 Å². The number of hydrogen-bond acceptors (Lipinski definition) is 6. The fourth-order valence-corrected chi connectivity index (χ4v) is 1.78. The fraction of sp³-hybridized carbons (Fsp3) is 0.571. The molecule has 0 unspecified atom stereocenters. The Hall–Kier alpha value is -2.22. The Kier molecular flexibility index (Phi) is 6.24. The minimum Gasteiger partial charge on any atom is -0.473 e. The van der Waals surface area contributed by atoms with Gasteiger partial charge in [-0.2, -0.15) is 4.98 Å². The molecule has 1 amide bonds. The average molecular weight is 311 g/mol. The van der Waals surface area contributed by atoms with Crippen LogP contribution in [0, 0.1) is 0 Å². The number of nitrogen functional groups attached to an aromatic ring is 1.